The van der Waals surface area contributed by atoms with Crippen LogP contribution in [0.15, 0.2) is 35.5 Å². The molecule has 9 heteroatoms. The summed E-state index contributed by atoms with van der Waals surface area (Å²) in [6.45, 7) is 3.63. The van der Waals surface area contributed by atoms with Crippen molar-refractivity contribution in [3.05, 3.63) is 63.6 Å². The number of rotatable bonds is 5. The van der Waals surface area contributed by atoms with Crippen molar-refractivity contribution < 1.29 is 18.3 Å². The number of aliphatic hydroxyl groups is 1. The molecule has 0 unspecified atom stereocenters. The Morgan fingerprint density at radius 2 is 1.93 bits per heavy atom. The Labute approximate surface area is 164 Å². The lowest BCUT2D eigenvalue weighted by Crippen LogP contribution is -2.29. The van der Waals surface area contributed by atoms with Crippen LogP contribution in [-0.2, 0) is 5.54 Å². The van der Waals surface area contributed by atoms with Gasteiger partial charge in [0, 0.05) is 22.9 Å². The number of nitrogens with one attached hydrogen (secondary N) is 1. The maximum absolute atomic E-state index is 14.4. The van der Waals surface area contributed by atoms with Gasteiger partial charge in [-0.05, 0) is 26.7 Å². The molecule has 0 aliphatic heterocycles. The van der Waals surface area contributed by atoms with E-state index >= 15 is 0 Å². The molecular weight excluding hydrogens is 385 g/mol. The molecule has 0 bridgehead atoms. The van der Waals surface area contributed by atoms with Gasteiger partial charge in [-0.1, -0.05) is 18.2 Å². The average molecular weight is 404 g/mol. The summed E-state index contributed by atoms with van der Waals surface area (Å²) >= 11 is 0. The standard InChI is InChI=1S/C20H19F3N4O2/c1-10-15-13(8-27(19(10)29)20(2)6-7-20)17(25-9-24-15)26-18(28)12-5-3-4-11(14(12)21)16(22)23/h3-5,8-9,16,18,28H,6-7H2,1-2H3,(H,24,25,26)/t18-/m1/s1. The molecule has 4 rings (SSSR count). The molecule has 2 aromatic heterocycles. The number of hydrogen-bond acceptors (Lipinski definition) is 5. The summed E-state index contributed by atoms with van der Waals surface area (Å²) < 4.78 is 41.9. The van der Waals surface area contributed by atoms with E-state index in [0.29, 0.717) is 16.5 Å². The number of pyridine rings is 1. The van der Waals surface area contributed by atoms with Crippen LogP contribution in [0.1, 0.15) is 49.1 Å². The van der Waals surface area contributed by atoms with E-state index in [1.165, 1.54) is 18.5 Å². The van der Waals surface area contributed by atoms with E-state index in [2.05, 4.69) is 15.3 Å². The first kappa shape index (κ1) is 19.4. The highest BCUT2D eigenvalue weighted by Crippen LogP contribution is 2.42. The normalized spacial score (nSPS) is 16.2. The zero-order chi connectivity index (χ0) is 20.9. The summed E-state index contributed by atoms with van der Waals surface area (Å²) in [6.07, 6.45) is -0.0506. The number of hydrogen-bond donors (Lipinski definition) is 2. The largest absolute Gasteiger partial charge is 0.369 e. The Hall–Kier alpha value is -2.94. The predicted octanol–water partition coefficient (Wildman–Crippen LogP) is 3.79. The number of aryl methyl sites for hydroxylation is 1. The molecule has 1 aromatic carbocycles. The third-order valence-electron chi connectivity index (χ3n) is 5.45. The van der Waals surface area contributed by atoms with E-state index in [1.54, 1.807) is 17.7 Å². The summed E-state index contributed by atoms with van der Waals surface area (Å²) in [4.78, 5) is 20.9. The molecular formula is C20H19F3N4O2. The number of nitrogens with zero attached hydrogens (tertiary/aromatic N) is 3. The SMILES string of the molecule is Cc1c(=O)n(C2(C)CC2)cc2c(N[C@H](O)c3cccc(C(F)F)c3F)ncnc12. The van der Waals surface area contributed by atoms with Gasteiger partial charge in [0.2, 0.25) is 0 Å². The van der Waals surface area contributed by atoms with Gasteiger partial charge in [-0.3, -0.25) is 4.79 Å². The smallest absolute Gasteiger partial charge is 0.266 e. The van der Waals surface area contributed by atoms with E-state index in [9.17, 15) is 23.1 Å². The fourth-order valence-electron chi connectivity index (χ4n) is 3.38. The van der Waals surface area contributed by atoms with Crippen LogP contribution in [0.2, 0.25) is 0 Å². The molecule has 1 saturated carbocycles. The van der Waals surface area contributed by atoms with Crippen LogP contribution in [-0.4, -0.2) is 19.6 Å². The highest BCUT2D eigenvalue weighted by molar-refractivity contribution is 5.90. The van der Waals surface area contributed by atoms with Gasteiger partial charge < -0.3 is 15.0 Å². The van der Waals surface area contributed by atoms with Crippen molar-refractivity contribution >= 4 is 16.7 Å². The zero-order valence-electron chi connectivity index (χ0n) is 15.8. The number of benzene rings is 1. The molecule has 152 valence electrons. The van der Waals surface area contributed by atoms with E-state index in [1.807, 2.05) is 6.92 Å². The molecule has 0 spiro atoms. The molecule has 2 N–H and O–H groups in total. The zero-order valence-corrected chi connectivity index (χ0v) is 15.8. The van der Waals surface area contributed by atoms with Gasteiger partial charge in [0.25, 0.3) is 12.0 Å². The summed E-state index contributed by atoms with van der Waals surface area (Å²) in [7, 11) is 0. The highest BCUT2D eigenvalue weighted by Gasteiger charge is 2.40. The minimum atomic E-state index is -3.00. The maximum Gasteiger partial charge on any atom is 0.266 e. The van der Waals surface area contributed by atoms with Gasteiger partial charge in [0.15, 0.2) is 6.23 Å². The van der Waals surface area contributed by atoms with Crippen molar-refractivity contribution in [2.45, 2.75) is 44.9 Å². The van der Waals surface area contributed by atoms with Gasteiger partial charge in [0.1, 0.15) is 18.0 Å². The van der Waals surface area contributed by atoms with Crippen LogP contribution in [0.25, 0.3) is 10.9 Å². The first-order valence-electron chi connectivity index (χ1n) is 9.11. The van der Waals surface area contributed by atoms with Gasteiger partial charge in [-0.15, -0.1) is 0 Å². The van der Waals surface area contributed by atoms with Crippen LogP contribution in [0, 0.1) is 12.7 Å². The fourth-order valence-corrected chi connectivity index (χ4v) is 3.38. The fraction of sp³-hybridized carbons (Fsp3) is 0.350. The quantitative estimate of drug-likeness (QED) is 0.633. The maximum atomic E-state index is 14.4. The third kappa shape index (κ3) is 3.25. The Balaban J connectivity index is 1.78. The summed E-state index contributed by atoms with van der Waals surface area (Å²) in [5.41, 5.74) is -0.711. The average Bonchev–Trinajstić information content (AvgIpc) is 3.43. The van der Waals surface area contributed by atoms with Crippen LogP contribution >= 0.6 is 0 Å². The number of alkyl halides is 2. The predicted molar refractivity (Wildman–Crippen MR) is 101 cm³/mol. The van der Waals surface area contributed by atoms with Crippen molar-refractivity contribution in [2.24, 2.45) is 0 Å². The summed E-state index contributed by atoms with van der Waals surface area (Å²) in [5.74, 6) is -1.01. The first-order chi connectivity index (χ1) is 13.7. The Morgan fingerprint density at radius 3 is 2.59 bits per heavy atom. The second-order valence-electron chi connectivity index (χ2n) is 7.51. The summed E-state index contributed by atoms with van der Waals surface area (Å²) in [6, 6.07) is 3.43. The lowest BCUT2D eigenvalue weighted by molar-refractivity contribution is 0.144. The number of aliphatic hydroxyl groups excluding tert-OH is 1. The minimum Gasteiger partial charge on any atom is -0.369 e. The Bertz CT molecular complexity index is 1160. The Kier molecular flexibility index (Phi) is 4.57. The molecule has 3 aromatic rings. The van der Waals surface area contributed by atoms with E-state index in [4.69, 9.17) is 0 Å². The topological polar surface area (TPSA) is 80.0 Å². The number of aromatic nitrogens is 3. The molecule has 0 amide bonds. The molecule has 1 aliphatic rings. The van der Waals surface area contributed by atoms with Crippen molar-refractivity contribution in [1.29, 1.82) is 0 Å². The first-order valence-corrected chi connectivity index (χ1v) is 9.11. The van der Waals surface area contributed by atoms with Gasteiger partial charge >= 0.3 is 0 Å². The minimum absolute atomic E-state index is 0.154. The van der Waals surface area contributed by atoms with Crippen LogP contribution < -0.4 is 10.9 Å². The van der Waals surface area contributed by atoms with Gasteiger partial charge in [-0.2, -0.15) is 0 Å². The van der Waals surface area contributed by atoms with Crippen molar-refractivity contribution in [3.63, 3.8) is 0 Å². The molecule has 6 nitrogen and oxygen atoms in total. The Morgan fingerprint density at radius 1 is 1.24 bits per heavy atom. The summed E-state index contributed by atoms with van der Waals surface area (Å²) in [5, 5.41) is 13.6. The van der Waals surface area contributed by atoms with Gasteiger partial charge in [-0.25, -0.2) is 23.1 Å². The van der Waals surface area contributed by atoms with Gasteiger partial charge in [0.05, 0.1) is 16.5 Å². The second kappa shape index (κ2) is 6.84. The molecule has 0 radical (unpaired) electrons. The van der Waals surface area contributed by atoms with E-state index < -0.39 is 24.0 Å². The number of halogens is 3. The molecule has 1 aliphatic carbocycles. The molecule has 29 heavy (non-hydrogen) atoms. The lowest BCUT2D eigenvalue weighted by atomic mass is 10.1. The van der Waals surface area contributed by atoms with E-state index in [0.717, 1.165) is 18.9 Å². The van der Waals surface area contributed by atoms with Crippen molar-refractivity contribution in [1.82, 2.24) is 14.5 Å². The number of fused-ring (bicyclic) bond motifs is 1. The van der Waals surface area contributed by atoms with Crippen LogP contribution in [0.3, 0.4) is 0 Å². The molecule has 0 saturated heterocycles. The van der Waals surface area contributed by atoms with Crippen molar-refractivity contribution in [2.75, 3.05) is 5.32 Å². The second-order valence-corrected chi connectivity index (χ2v) is 7.51. The number of anilines is 1. The molecule has 2 heterocycles. The van der Waals surface area contributed by atoms with Crippen LogP contribution in [0.4, 0.5) is 19.0 Å². The van der Waals surface area contributed by atoms with E-state index in [-0.39, 0.29) is 22.5 Å². The van der Waals surface area contributed by atoms with Crippen molar-refractivity contribution in [3.8, 4) is 0 Å². The lowest BCUT2D eigenvalue weighted by Gasteiger charge is -2.19. The third-order valence-corrected chi connectivity index (χ3v) is 5.45. The monoisotopic (exact) mass is 404 g/mol. The highest BCUT2D eigenvalue weighted by atomic mass is 19.3. The molecule has 1 atom stereocenters. The van der Waals surface area contributed by atoms with Crippen LogP contribution in [0.5, 0.6) is 0 Å². The molecule has 1 fully saturated rings.